The minimum absolute atomic E-state index is 0. The van der Waals surface area contributed by atoms with Gasteiger partial charge in [-0.25, -0.2) is 4.98 Å². The lowest BCUT2D eigenvalue weighted by molar-refractivity contribution is 0.270. The molecule has 164 valence electrons. The van der Waals surface area contributed by atoms with Crippen LogP contribution >= 0.6 is 24.0 Å². The van der Waals surface area contributed by atoms with E-state index in [0.29, 0.717) is 0 Å². The van der Waals surface area contributed by atoms with Gasteiger partial charge < -0.3 is 20.4 Å². The first-order chi connectivity index (χ1) is 13.8. The Morgan fingerprint density at radius 3 is 2.52 bits per heavy atom. The number of guanidine groups is 1. The highest BCUT2D eigenvalue weighted by Crippen LogP contribution is 2.28. The number of aliphatic imine (C=N–C) groups is 1. The lowest BCUT2D eigenvalue weighted by atomic mass is 10.0. The van der Waals surface area contributed by atoms with Crippen LogP contribution < -0.4 is 15.5 Å². The Morgan fingerprint density at radius 2 is 1.90 bits per heavy atom. The van der Waals surface area contributed by atoms with Gasteiger partial charge in [0.05, 0.1) is 0 Å². The summed E-state index contributed by atoms with van der Waals surface area (Å²) in [6.07, 6.45) is 10.3. The van der Waals surface area contributed by atoms with Gasteiger partial charge in [-0.05, 0) is 36.9 Å². The molecule has 7 heteroatoms. The topological polar surface area (TPSA) is 55.8 Å². The van der Waals surface area contributed by atoms with E-state index in [9.17, 15) is 0 Å². The molecule has 29 heavy (non-hydrogen) atoms. The molecule has 1 aliphatic carbocycles. The van der Waals surface area contributed by atoms with Crippen molar-refractivity contribution < 1.29 is 0 Å². The summed E-state index contributed by atoms with van der Waals surface area (Å²) in [5.41, 5.74) is 1.19. The molecule has 3 rings (SSSR count). The Balaban J connectivity index is 0.00000300. The number of aromatic nitrogens is 1. The third kappa shape index (κ3) is 7.92. The zero-order valence-corrected chi connectivity index (χ0v) is 20.5. The molecule has 0 unspecified atom stereocenters. The summed E-state index contributed by atoms with van der Waals surface area (Å²) < 4.78 is 0. The Morgan fingerprint density at radius 1 is 1.14 bits per heavy atom. The predicted molar refractivity (Wildman–Crippen MR) is 133 cm³/mol. The standard InChI is InChI=1S/C22H38N6.HI/c1-3-27-13-15-28(16-14-27)21-11-10-20(17-25-21)18-26-22(23-2)24-12-6-9-19-7-4-5-8-19;/h10-11,17,19H,3-9,12-16,18H2,1-2H3,(H2,23,24,26);1H. The number of rotatable bonds is 8. The van der Waals surface area contributed by atoms with E-state index < -0.39 is 0 Å². The van der Waals surface area contributed by atoms with Crippen LogP contribution in [0.15, 0.2) is 23.3 Å². The Kier molecular flexibility index (Phi) is 11.1. The normalized spacial score (nSPS) is 18.6. The second kappa shape index (κ2) is 13.3. The first-order valence-corrected chi connectivity index (χ1v) is 11.1. The van der Waals surface area contributed by atoms with E-state index in [0.717, 1.165) is 63.5 Å². The summed E-state index contributed by atoms with van der Waals surface area (Å²) in [7, 11) is 1.84. The molecule has 0 atom stereocenters. The van der Waals surface area contributed by atoms with Crippen LogP contribution in [0.5, 0.6) is 0 Å². The Hall–Kier alpha value is -1.09. The van der Waals surface area contributed by atoms with Crippen molar-refractivity contribution in [3.8, 4) is 0 Å². The maximum absolute atomic E-state index is 4.68. The molecule has 1 aromatic rings. The van der Waals surface area contributed by atoms with Gasteiger partial charge in [-0.2, -0.15) is 0 Å². The lowest BCUT2D eigenvalue weighted by Crippen LogP contribution is -2.46. The van der Waals surface area contributed by atoms with E-state index in [4.69, 9.17) is 0 Å². The highest BCUT2D eigenvalue weighted by atomic mass is 127. The molecular weight excluding hydrogens is 475 g/mol. The molecule has 1 saturated carbocycles. The van der Waals surface area contributed by atoms with Gasteiger partial charge in [0.25, 0.3) is 0 Å². The van der Waals surface area contributed by atoms with Crippen LogP contribution in [0.1, 0.15) is 51.0 Å². The van der Waals surface area contributed by atoms with Crippen LogP contribution in [0.25, 0.3) is 0 Å². The van der Waals surface area contributed by atoms with E-state index in [1.807, 2.05) is 13.2 Å². The van der Waals surface area contributed by atoms with Crippen molar-refractivity contribution in [3.05, 3.63) is 23.9 Å². The van der Waals surface area contributed by atoms with Crippen LogP contribution in [-0.4, -0.2) is 62.2 Å². The average molecular weight is 515 g/mol. The van der Waals surface area contributed by atoms with Crippen LogP contribution in [-0.2, 0) is 6.54 Å². The second-order valence-electron chi connectivity index (χ2n) is 8.09. The summed E-state index contributed by atoms with van der Waals surface area (Å²) in [6, 6.07) is 4.32. The van der Waals surface area contributed by atoms with E-state index in [1.54, 1.807) is 0 Å². The Bertz CT molecular complexity index is 592. The average Bonchev–Trinajstić information content (AvgIpc) is 3.27. The first-order valence-electron chi connectivity index (χ1n) is 11.1. The zero-order valence-electron chi connectivity index (χ0n) is 18.2. The van der Waals surface area contributed by atoms with E-state index in [1.165, 1.54) is 44.1 Å². The van der Waals surface area contributed by atoms with Gasteiger partial charge in [-0.15, -0.1) is 24.0 Å². The minimum Gasteiger partial charge on any atom is -0.356 e. The summed E-state index contributed by atoms with van der Waals surface area (Å²) in [5, 5.41) is 6.85. The van der Waals surface area contributed by atoms with Crippen LogP contribution in [0, 0.1) is 5.92 Å². The van der Waals surface area contributed by atoms with Gasteiger partial charge in [0, 0.05) is 52.5 Å². The van der Waals surface area contributed by atoms with Crippen LogP contribution in [0.4, 0.5) is 5.82 Å². The van der Waals surface area contributed by atoms with E-state index in [-0.39, 0.29) is 24.0 Å². The van der Waals surface area contributed by atoms with Crippen molar-refractivity contribution in [1.82, 2.24) is 20.5 Å². The quantitative estimate of drug-likeness (QED) is 0.241. The number of nitrogens with zero attached hydrogens (tertiary/aromatic N) is 4. The summed E-state index contributed by atoms with van der Waals surface area (Å²) in [6.45, 7) is 9.51. The van der Waals surface area contributed by atoms with E-state index in [2.05, 4.69) is 49.5 Å². The molecule has 0 amide bonds. The number of piperazine rings is 1. The lowest BCUT2D eigenvalue weighted by Gasteiger charge is -2.34. The predicted octanol–water partition coefficient (Wildman–Crippen LogP) is 3.48. The molecule has 2 aliphatic rings. The molecular formula is C22H39IN6. The van der Waals surface area contributed by atoms with Gasteiger partial charge in [-0.1, -0.05) is 38.7 Å². The number of nitrogens with one attached hydrogen (secondary N) is 2. The maximum atomic E-state index is 4.68. The number of anilines is 1. The maximum Gasteiger partial charge on any atom is 0.191 e. The SMILES string of the molecule is CCN1CCN(c2ccc(CNC(=NC)NCCCC3CCCC3)cn2)CC1.I. The molecule has 0 bridgehead atoms. The van der Waals surface area contributed by atoms with Crippen molar-refractivity contribution >= 4 is 35.8 Å². The number of halogens is 1. The number of hydrogen-bond donors (Lipinski definition) is 2. The van der Waals surface area contributed by atoms with Crippen molar-refractivity contribution in [1.29, 1.82) is 0 Å². The summed E-state index contributed by atoms with van der Waals surface area (Å²) >= 11 is 0. The largest absolute Gasteiger partial charge is 0.356 e. The molecule has 1 aliphatic heterocycles. The molecule has 2 fully saturated rings. The van der Waals surface area contributed by atoms with E-state index >= 15 is 0 Å². The minimum atomic E-state index is 0. The summed E-state index contributed by atoms with van der Waals surface area (Å²) in [5.74, 6) is 2.94. The summed E-state index contributed by atoms with van der Waals surface area (Å²) in [4.78, 5) is 13.9. The third-order valence-corrected chi connectivity index (χ3v) is 6.19. The van der Waals surface area contributed by atoms with Crippen LogP contribution in [0.3, 0.4) is 0 Å². The van der Waals surface area contributed by atoms with Gasteiger partial charge in [0.1, 0.15) is 5.82 Å². The van der Waals surface area contributed by atoms with Crippen molar-refractivity contribution in [2.24, 2.45) is 10.9 Å². The number of likely N-dealkylation sites (N-methyl/N-ethyl adjacent to an activating group) is 1. The van der Waals surface area contributed by atoms with Gasteiger partial charge >= 0.3 is 0 Å². The third-order valence-electron chi connectivity index (χ3n) is 6.19. The molecule has 2 N–H and O–H groups in total. The highest BCUT2D eigenvalue weighted by Gasteiger charge is 2.16. The highest BCUT2D eigenvalue weighted by molar-refractivity contribution is 14.0. The van der Waals surface area contributed by atoms with Crippen molar-refractivity contribution in [2.75, 3.05) is 51.2 Å². The van der Waals surface area contributed by atoms with Crippen LogP contribution in [0.2, 0.25) is 0 Å². The fourth-order valence-corrected chi connectivity index (χ4v) is 4.30. The molecule has 0 aromatic carbocycles. The number of pyridine rings is 1. The second-order valence-corrected chi connectivity index (χ2v) is 8.09. The van der Waals surface area contributed by atoms with Gasteiger partial charge in [-0.3, -0.25) is 4.99 Å². The first kappa shape index (κ1) is 24.2. The smallest absolute Gasteiger partial charge is 0.191 e. The van der Waals surface area contributed by atoms with Crippen molar-refractivity contribution in [2.45, 2.75) is 52.0 Å². The molecule has 6 nitrogen and oxygen atoms in total. The van der Waals surface area contributed by atoms with Crippen molar-refractivity contribution in [3.63, 3.8) is 0 Å². The molecule has 1 aromatic heterocycles. The zero-order chi connectivity index (χ0) is 19.6. The molecule has 0 spiro atoms. The molecule has 0 radical (unpaired) electrons. The molecule has 1 saturated heterocycles. The Labute approximate surface area is 194 Å². The monoisotopic (exact) mass is 514 g/mol. The fourth-order valence-electron chi connectivity index (χ4n) is 4.30. The van der Waals surface area contributed by atoms with Gasteiger partial charge in [0.2, 0.25) is 0 Å². The van der Waals surface area contributed by atoms with Gasteiger partial charge in [0.15, 0.2) is 5.96 Å². The fraction of sp³-hybridized carbons (Fsp3) is 0.727. The number of hydrogen-bond acceptors (Lipinski definition) is 4. The molecule has 2 heterocycles.